The van der Waals surface area contributed by atoms with E-state index in [1.807, 2.05) is 6.26 Å². The van der Waals surface area contributed by atoms with E-state index < -0.39 is 28.6 Å². The molecule has 1 aliphatic heterocycles. The second-order valence-electron chi connectivity index (χ2n) is 5.73. The van der Waals surface area contributed by atoms with Crippen molar-refractivity contribution in [2.75, 3.05) is 51.1 Å². The molecular formula is C14H26N2O6S2. The Morgan fingerprint density at radius 2 is 2.08 bits per heavy atom. The lowest BCUT2D eigenvalue weighted by Crippen LogP contribution is -2.51. The molecule has 1 fully saturated rings. The van der Waals surface area contributed by atoms with Gasteiger partial charge in [-0.2, -0.15) is 16.1 Å². The van der Waals surface area contributed by atoms with Gasteiger partial charge in [0.1, 0.15) is 6.54 Å². The predicted molar refractivity (Wildman–Crippen MR) is 92.6 cm³/mol. The molecule has 10 heteroatoms. The van der Waals surface area contributed by atoms with Crippen molar-refractivity contribution in [3.63, 3.8) is 0 Å². The van der Waals surface area contributed by atoms with Crippen LogP contribution >= 0.6 is 11.8 Å². The summed E-state index contributed by atoms with van der Waals surface area (Å²) in [5, 5.41) is 8.84. The van der Waals surface area contributed by atoms with E-state index in [2.05, 4.69) is 0 Å². The standard InChI is InChI=1S/C14H26N2O6S2/c1-23-8-4-3-5-13(17)15-6-7-22-12(9-15)10-16(11-14(18)19)24(2,20)21/h12H,3-11H2,1-2H3,(H,18,19). The van der Waals surface area contributed by atoms with Crippen molar-refractivity contribution in [2.24, 2.45) is 0 Å². The number of thioether (sulfide) groups is 1. The van der Waals surface area contributed by atoms with Gasteiger partial charge in [-0.3, -0.25) is 9.59 Å². The number of carboxylic acids is 1. The molecule has 0 aliphatic carbocycles. The Morgan fingerprint density at radius 3 is 2.67 bits per heavy atom. The van der Waals surface area contributed by atoms with Crippen molar-refractivity contribution in [3.05, 3.63) is 0 Å². The van der Waals surface area contributed by atoms with Gasteiger partial charge in [0, 0.05) is 26.1 Å². The minimum Gasteiger partial charge on any atom is -0.480 e. The van der Waals surface area contributed by atoms with Gasteiger partial charge < -0.3 is 14.7 Å². The maximum absolute atomic E-state index is 12.2. The number of nitrogens with zero attached hydrogens (tertiary/aromatic N) is 2. The highest BCUT2D eigenvalue weighted by Crippen LogP contribution is 2.12. The number of sulfonamides is 1. The van der Waals surface area contributed by atoms with Crippen LogP contribution in [0.4, 0.5) is 0 Å². The second-order valence-corrected chi connectivity index (χ2v) is 8.70. The first-order valence-corrected chi connectivity index (χ1v) is 11.0. The fraction of sp³-hybridized carbons (Fsp3) is 0.857. The van der Waals surface area contributed by atoms with Crippen molar-refractivity contribution < 1.29 is 27.9 Å². The van der Waals surface area contributed by atoms with Crippen LogP contribution in [0.1, 0.15) is 19.3 Å². The van der Waals surface area contributed by atoms with Crippen LogP contribution in [0.5, 0.6) is 0 Å². The van der Waals surface area contributed by atoms with E-state index in [0.717, 1.165) is 29.2 Å². The fourth-order valence-electron chi connectivity index (χ4n) is 2.43. The second kappa shape index (κ2) is 10.2. The van der Waals surface area contributed by atoms with Gasteiger partial charge in [-0.05, 0) is 24.9 Å². The van der Waals surface area contributed by atoms with E-state index in [9.17, 15) is 18.0 Å². The molecule has 1 amide bonds. The van der Waals surface area contributed by atoms with E-state index in [4.69, 9.17) is 9.84 Å². The summed E-state index contributed by atoms with van der Waals surface area (Å²) < 4.78 is 29.7. The number of carboxylic acid groups (broad SMARTS) is 1. The molecule has 0 spiro atoms. The molecule has 0 saturated carbocycles. The van der Waals surface area contributed by atoms with E-state index in [0.29, 0.717) is 19.6 Å². The first-order valence-electron chi connectivity index (χ1n) is 7.79. The Hall–Kier alpha value is -0.840. The van der Waals surface area contributed by atoms with E-state index >= 15 is 0 Å². The molecule has 1 aliphatic rings. The van der Waals surface area contributed by atoms with Gasteiger partial charge in [0.15, 0.2) is 0 Å². The maximum Gasteiger partial charge on any atom is 0.318 e. The summed E-state index contributed by atoms with van der Waals surface area (Å²) in [6, 6.07) is 0. The number of carbonyl (C=O) groups excluding carboxylic acids is 1. The summed E-state index contributed by atoms with van der Waals surface area (Å²) in [6.45, 7) is 0.414. The SMILES string of the molecule is CSCCCCC(=O)N1CCOC(CN(CC(=O)O)S(C)(=O)=O)C1. The van der Waals surface area contributed by atoms with Crippen LogP contribution in [0, 0.1) is 0 Å². The van der Waals surface area contributed by atoms with Crippen LogP contribution in [-0.2, 0) is 24.3 Å². The van der Waals surface area contributed by atoms with Crippen molar-refractivity contribution in [1.82, 2.24) is 9.21 Å². The molecule has 1 N–H and O–H groups in total. The summed E-state index contributed by atoms with van der Waals surface area (Å²) in [7, 11) is -3.65. The summed E-state index contributed by atoms with van der Waals surface area (Å²) in [5.41, 5.74) is 0. The first-order chi connectivity index (χ1) is 11.2. The zero-order chi connectivity index (χ0) is 18.2. The molecule has 24 heavy (non-hydrogen) atoms. The first kappa shape index (κ1) is 21.2. The van der Waals surface area contributed by atoms with Gasteiger partial charge in [0.25, 0.3) is 0 Å². The van der Waals surface area contributed by atoms with E-state index in [1.165, 1.54) is 0 Å². The quantitative estimate of drug-likeness (QED) is 0.534. The molecule has 8 nitrogen and oxygen atoms in total. The third-order valence-electron chi connectivity index (χ3n) is 3.67. The third-order valence-corrected chi connectivity index (χ3v) is 5.58. The molecule has 1 heterocycles. The Kier molecular flexibility index (Phi) is 9.03. The van der Waals surface area contributed by atoms with Gasteiger partial charge in [0.05, 0.1) is 19.0 Å². The lowest BCUT2D eigenvalue weighted by Gasteiger charge is -2.35. The zero-order valence-corrected chi connectivity index (χ0v) is 15.8. The Bertz CT molecular complexity index is 525. The summed E-state index contributed by atoms with van der Waals surface area (Å²) in [5.74, 6) is -0.163. The predicted octanol–water partition coefficient (Wildman–Crippen LogP) is 0.0933. The van der Waals surface area contributed by atoms with E-state index in [1.54, 1.807) is 16.7 Å². The van der Waals surface area contributed by atoms with Crippen LogP contribution in [0.25, 0.3) is 0 Å². The van der Waals surface area contributed by atoms with Gasteiger partial charge in [-0.25, -0.2) is 8.42 Å². The smallest absolute Gasteiger partial charge is 0.318 e. The van der Waals surface area contributed by atoms with Gasteiger partial charge in [-0.1, -0.05) is 0 Å². The highest BCUT2D eigenvalue weighted by molar-refractivity contribution is 7.98. The lowest BCUT2D eigenvalue weighted by molar-refractivity contribution is -0.141. The van der Waals surface area contributed by atoms with Gasteiger partial charge in [-0.15, -0.1) is 0 Å². The van der Waals surface area contributed by atoms with Crippen molar-refractivity contribution in [1.29, 1.82) is 0 Å². The minimum atomic E-state index is -3.65. The number of ether oxygens (including phenoxy) is 1. The molecule has 0 bridgehead atoms. The Morgan fingerprint density at radius 1 is 1.38 bits per heavy atom. The summed E-state index contributed by atoms with van der Waals surface area (Å²) in [6.07, 6.45) is 4.77. The van der Waals surface area contributed by atoms with E-state index in [-0.39, 0.29) is 19.0 Å². The normalized spacial score (nSPS) is 18.8. The van der Waals surface area contributed by atoms with Crippen LogP contribution < -0.4 is 0 Å². The molecule has 1 unspecified atom stereocenters. The molecule has 0 aromatic carbocycles. The molecule has 140 valence electrons. The number of amides is 1. The van der Waals surface area contributed by atoms with Gasteiger partial charge >= 0.3 is 5.97 Å². The Balaban J connectivity index is 2.54. The number of hydrogen-bond acceptors (Lipinski definition) is 6. The molecular weight excluding hydrogens is 356 g/mol. The molecule has 1 saturated heterocycles. The lowest BCUT2D eigenvalue weighted by atomic mass is 10.2. The number of unbranched alkanes of at least 4 members (excludes halogenated alkanes) is 1. The Labute approximate surface area is 147 Å². The van der Waals surface area contributed by atoms with Crippen molar-refractivity contribution >= 4 is 33.7 Å². The minimum absolute atomic E-state index is 0.0357. The monoisotopic (exact) mass is 382 g/mol. The number of hydrogen-bond donors (Lipinski definition) is 1. The van der Waals surface area contributed by atoms with Crippen LogP contribution in [0.15, 0.2) is 0 Å². The average molecular weight is 383 g/mol. The number of aliphatic carboxylic acids is 1. The van der Waals surface area contributed by atoms with Crippen LogP contribution in [0.2, 0.25) is 0 Å². The number of morpholine rings is 1. The van der Waals surface area contributed by atoms with Crippen molar-refractivity contribution in [3.8, 4) is 0 Å². The molecule has 0 aromatic rings. The highest BCUT2D eigenvalue weighted by atomic mass is 32.2. The number of rotatable bonds is 10. The molecule has 1 atom stereocenters. The average Bonchev–Trinajstić information content (AvgIpc) is 2.50. The highest BCUT2D eigenvalue weighted by Gasteiger charge is 2.29. The topological polar surface area (TPSA) is 104 Å². The third kappa shape index (κ3) is 7.82. The van der Waals surface area contributed by atoms with Gasteiger partial charge in [0.2, 0.25) is 15.9 Å². The number of carbonyl (C=O) groups is 2. The molecule has 0 radical (unpaired) electrons. The zero-order valence-electron chi connectivity index (χ0n) is 14.1. The summed E-state index contributed by atoms with van der Waals surface area (Å²) in [4.78, 5) is 24.7. The van der Waals surface area contributed by atoms with Crippen LogP contribution in [0.3, 0.4) is 0 Å². The maximum atomic E-state index is 12.2. The molecule has 1 rings (SSSR count). The van der Waals surface area contributed by atoms with Crippen molar-refractivity contribution in [2.45, 2.75) is 25.4 Å². The van der Waals surface area contributed by atoms with Crippen LogP contribution in [-0.4, -0.2) is 91.8 Å². The largest absolute Gasteiger partial charge is 0.480 e. The summed E-state index contributed by atoms with van der Waals surface area (Å²) >= 11 is 1.75. The fourth-order valence-corrected chi connectivity index (χ4v) is 3.71. The molecule has 0 aromatic heterocycles.